The van der Waals surface area contributed by atoms with E-state index in [-0.39, 0.29) is 18.9 Å². The summed E-state index contributed by atoms with van der Waals surface area (Å²) >= 11 is 0. The van der Waals surface area contributed by atoms with Crippen LogP contribution in [0.25, 0.3) is 0 Å². The summed E-state index contributed by atoms with van der Waals surface area (Å²) in [7, 11) is 0. The van der Waals surface area contributed by atoms with Crippen molar-refractivity contribution in [1.82, 2.24) is 4.90 Å². The molecule has 0 aliphatic carbocycles. The Labute approximate surface area is 118 Å². The minimum Gasteiger partial charge on any atom is -0.481 e. The predicted octanol–water partition coefficient (Wildman–Crippen LogP) is 1.54. The van der Waals surface area contributed by atoms with Crippen LogP contribution in [0.15, 0.2) is 42.5 Å². The summed E-state index contributed by atoms with van der Waals surface area (Å²) in [5, 5.41) is 17.4. The maximum absolute atomic E-state index is 12.3. The van der Waals surface area contributed by atoms with Crippen molar-refractivity contribution in [2.24, 2.45) is 0 Å². The molecule has 1 aromatic rings. The van der Waals surface area contributed by atoms with E-state index in [1.165, 1.54) is 0 Å². The molecule has 5 heteroatoms. The number of benzene rings is 1. The lowest BCUT2D eigenvalue weighted by molar-refractivity contribution is -0.137. The molecule has 2 N–H and O–H groups in total. The number of amides is 1. The third kappa shape index (κ3) is 5.67. The normalized spacial score (nSPS) is 10.7. The van der Waals surface area contributed by atoms with Crippen LogP contribution in [-0.2, 0) is 4.79 Å². The zero-order chi connectivity index (χ0) is 14.8. The molecule has 0 saturated heterocycles. The van der Waals surface area contributed by atoms with E-state index in [0.29, 0.717) is 25.1 Å². The van der Waals surface area contributed by atoms with Crippen molar-refractivity contribution >= 4 is 11.9 Å². The highest BCUT2D eigenvalue weighted by Crippen LogP contribution is 2.06. The van der Waals surface area contributed by atoms with Crippen LogP contribution in [0, 0.1) is 0 Å². The van der Waals surface area contributed by atoms with Gasteiger partial charge in [-0.2, -0.15) is 0 Å². The van der Waals surface area contributed by atoms with Gasteiger partial charge in [0.1, 0.15) is 0 Å². The number of carboxylic acids is 1. The first-order valence-electron chi connectivity index (χ1n) is 6.47. The van der Waals surface area contributed by atoms with Crippen molar-refractivity contribution in [3.63, 3.8) is 0 Å². The van der Waals surface area contributed by atoms with Crippen LogP contribution in [0.3, 0.4) is 0 Å². The summed E-state index contributed by atoms with van der Waals surface area (Å²) in [5.74, 6) is -1.01. The van der Waals surface area contributed by atoms with Gasteiger partial charge in [0.05, 0.1) is 6.61 Å². The molecule has 0 heterocycles. The molecular weight excluding hydrogens is 258 g/mol. The molecule has 0 atom stereocenters. The first kappa shape index (κ1) is 15.9. The van der Waals surface area contributed by atoms with Crippen molar-refractivity contribution in [2.45, 2.75) is 12.8 Å². The van der Waals surface area contributed by atoms with Gasteiger partial charge in [0, 0.05) is 25.1 Å². The maximum Gasteiger partial charge on any atom is 0.303 e. The van der Waals surface area contributed by atoms with Crippen LogP contribution in [-0.4, -0.2) is 46.7 Å². The molecule has 1 aromatic carbocycles. The molecule has 0 saturated carbocycles. The molecule has 0 aliphatic heterocycles. The number of hydrogen-bond acceptors (Lipinski definition) is 3. The van der Waals surface area contributed by atoms with Gasteiger partial charge in [0.15, 0.2) is 0 Å². The maximum atomic E-state index is 12.3. The minimum atomic E-state index is -0.872. The Morgan fingerprint density at radius 1 is 1.15 bits per heavy atom. The second kappa shape index (κ2) is 8.87. The summed E-state index contributed by atoms with van der Waals surface area (Å²) in [5.41, 5.74) is 0.570. The van der Waals surface area contributed by atoms with Crippen molar-refractivity contribution in [3.8, 4) is 0 Å². The average molecular weight is 277 g/mol. The Kier molecular flexibility index (Phi) is 7.06. The molecule has 20 heavy (non-hydrogen) atoms. The number of carbonyl (C=O) groups excluding carboxylic acids is 1. The zero-order valence-electron chi connectivity index (χ0n) is 11.2. The summed E-state index contributed by atoms with van der Waals surface area (Å²) < 4.78 is 0. The minimum absolute atomic E-state index is 0.0300. The highest BCUT2D eigenvalue weighted by molar-refractivity contribution is 5.94. The van der Waals surface area contributed by atoms with Gasteiger partial charge < -0.3 is 15.1 Å². The van der Waals surface area contributed by atoms with E-state index in [4.69, 9.17) is 10.2 Å². The zero-order valence-corrected chi connectivity index (χ0v) is 11.2. The Hall–Kier alpha value is -2.14. The van der Waals surface area contributed by atoms with E-state index in [2.05, 4.69) is 0 Å². The molecule has 0 radical (unpaired) electrons. The fraction of sp³-hybridized carbons (Fsp3) is 0.333. The Morgan fingerprint density at radius 3 is 2.45 bits per heavy atom. The van der Waals surface area contributed by atoms with Crippen LogP contribution < -0.4 is 0 Å². The molecule has 0 bridgehead atoms. The van der Waals surface area contributed by atoms with E-state index < -0.39 is 5.97 Å². The van der Waals surface area contributed by atoms with Gasteiger partial charge in [-0.15, -0.1) is 0 Å². The molecule has 0 spiro atoms. The Balaban J connectivity index is 2.67. The van der Waals surface area contributed by atoms with Crippen molar-refractivity contribution in [2.75, 3.05) is 19.7 Å². The number of carbonyl (C=O) groups is 2. The lowest BCUT2D eigenvalue weighted by Gasteiger charge is -2.21. The highest BCUT2D eigenvalue weighted by Gasteiger charge is 2.14. The van der Waals surface area contributed by atoms with Gasteiger partial charge >= 0.3 is 5.97 Å². The second-order valence-corrected chi connectivity index (χ2v) is 4.27. The van der Waals surface area contributed by atoms with Gasteiger partial charge in [-0.05, 0) is 18.6 Å². The molecular formula is C15H19NO4. The molecule has 0 fully saturated rings. The van der Waals surface area contributed by atoms with E-state index in [0.717, 1.165) is 0 Å². The monoisotopic (exact) mass is 277 g/mol. The van der Waals surface area contributed by atoms with E-state index in [1.54, 1.807) is 41.3 Å². The van der Waals surface area contributed by atoms with Gasteiger partial charge in [-0.3, -0.25) is 9.59 Å². The number of rotatable bonds is 8. The molecule has 0 unspecified atom stereocenters. The van der Waals surface area contributed by atoms with E-state index in [1.807, 2.05) is 6.07 Å². The Morgan fingerprint density at radius 2 is 1.85 bits per heavy atom. The smallest absolute Gasteiger partial charge is 0.303 e. The first-order chi connectivity index (χ1) is 9.65. The third-order valence-electron chi connectivity index (χ3n) is 2.72. The van der Waals surface area contributed by atoms with Crippen LogP contribution in [0.4, 0.5) is 0 Å². The number of hydrogen-bond donors (Lipinski definition) is 2. The third-order valence-corrected chi connectivity index (χ3v) is 2.72. The molecule has 1 rings (SSSR count). The summed E-state index contributed by atoms with van der Waals surface area (Å²) in [6.45, 7) is 0.645. The molecule has 108 valence electrons. The van der Waals surface area contributed by atoms with Crippen LogP contribution >= 0.6 is 0 Å². The molecule has 5 nitrogen and oxygen atoms in total. The standard InChI is InChI=1S/C15H19NO4/c17-12-5-4-10-16(11-6-9-14(18)19)15(20)13-7-2-1-3-8-13/h1-5,7-8,17H,6,9-12H2,(H,18,19)/b5-4-. The number of carboxylic acid groups (broad SMARTS) is 1. The summed E-state index contributed by atoms with van der Waals surface area (Å²) in [6, 6.07) is 8.85. The van der Waals surface area contributed by atoms with Crippen molar-refractivity contribution in [3.05, 3.63) is 48.0 Å². The second-order valence-electron chi connectivity index (χ2n) is 4.27. The largest absolute Gasteiger partial charge is 0.481 e. The van der Waals surface area contributed by atoms with Gasteiger partial charge in [-0.25, -0.2) is 0 Å². The lowest BCUT2D eigenvalue weighted by Crippen LogP contribution is -2.32. The van der Waals surface area contributed by atoms with Crippen molar-refractivity contribution < 1.29 is 19.8 Å². The molecule has 1 amide bonds. The molecule has 0 aliphatic rings. The first-order valence-corrected chi connectivity index (χ1v) is 6.47. The summed E-state index contributed by atoms with van der Waals surface area (Å²) in [4.78, 5) is 24.4. The number of nitrogens with zero attached hydrogens (tertiary/aromatic N) is 1. The molecule has 0 aromatic heterocycles. The van der Waals surface area contributed by atoms with Crippen LogP contribution in [0.5, 0.6) is 0 Å². The number of aliphatic hydroxyl groups excluding tert-OH is 1. The van der Waals surface area contributed by atoms with E-state index >= 15 is 0 Å². The number of aliphatic hydroxyl groups is 1. The highest BCUT2D eigenvalue weighted by atomic mass is 16.4. The van der Waals surface area contributed by atoms with Crippen molar-refractivity contribution in [1.29, 1.82) is 0 Å². The number of aliphatic carboxylic acids is 1. The summed E-state index contributed by atoms with van der Waals surface area (Å²) in [6.07, 6.45) is 3.69. The SMILES string of the molecule is O=C(O)CCCN(C/C=C\CO)C(=O)c1ccccc1. The van der Waals surface area contributed by atoms with Gasteiger partial charge in [0.25, 0.3) is 5.91 Å². The fourth-order valence-electron chi connectivity index (χ4n) is 1.74. The fourth-order valence-corrected chi connectivity index (χ4v) is 1.74. The van der Waals surface area contributed by atoms with E-state index in [9.17, 15) is 9.59 Å². The van der Waals surface area contributed by atoms with Gasteiger partial charge in [-0.1, -0.05) is 30.4 Å². The quantitative estimate of drug-likeness (QED) is 0.707. The van der Waals surface area contributed by atoms with Gasteiger partial charge in [0.2, 0.25) is 0 Å². The average Bonchev–Trinajstić information content (AvgIpc) is 2.46. The Bertz CT molecular complexity index is 456. The van der Waals surface area contributed by atoms with Crippen LogP contribution in [0.1, 0.15) is 23.2 Å². The van der Waals surface area contributed by atoms with Crippen LogP contribution in [0.2, 0.25) is 0 Å². The lowest BCUT2D eigenvalue weighted by atomic mass is 10.2. The predicted molar refractivity (Wildman–Crippen MR) is 75.4 cm³/mol. The topological polar surface area (TPSA) is 77.8 Å².